The van der Waals surface area contributed by atoms with E-state index in [0.29, 0.717) is 15.9 Å². The third kappa shape index (κ3) is 3.60. The fourth-order valence-electron chi connectivity index (χ4n) is 2.90. The number of fused-ring (bicyclic) bond motifs is 1. The SMILES string of the molecule is CCC(C)NC(=O)Cn1c(=O)n(-c2ccc(C)c(C)c2)c(=O)c2sccc21. The largest absolute Gasteiger partial charge is 0.352 e. The Bertz CT molecular complexity index is 1120. The van der Waals surface area contributed by atoms with Crippen molar-refractivity contribution in [2.45, 2.75) is 46.7 Å². The van der Waals surface area contributed by atoms with Gasteiger partial charge in [0.15, 0.2) is 0 Å². The van der Waals surface area contributed by atoms with Gasteiger partial charge in [0.05, 0.1) is 11.2 Å². The number of hydrogen-bond donors (Lipinski definition) is 1. The zero-order valence-electron chi connectivity index (χ0n) is 15.9. The molecule has 27 heavy (non-hydrogen) atoms. The van der Waals surface area contributed by atoms with E-state index in [9.17, 15) is 14.4 Å². The Morgan fingerprint density at radius 2 is 1.93 bits per heavy atom. The summed E-state index contributed by atoms with van der Waals surface area (Å²) in [7, 11) is 0. The van der Waals surface area contributed by atoms with Crippen molar-refractivity contribution in [2.24, 2.45) is 0 Å². The monoisotopic (exact) mass is 385 g/mol. The van der Waals surface area contributed by atoms with Gasteiger partial charge in [-0.25, -0.2) is 9.36 Å². The Hall–Kier alpha value is -2.67. The number of benzene rings is 1. The predicted molar refractivity (Wildman–Crippen MR) is 109 cm³/mol. The maximum Gasteiger partial charge on any atom is 0.336 e. The fraction of sp³-hybridized carbons (Fsp3) is 0.350. The van der Waals surface area contributed by atoms with Gasteiger partial charge in [-0.2, -0.15) is 0 Å². The normalized spacial score (nSPS) is 12.3. The van der Waals surface area contributed by atoms with E-state index in [0.717, 1.165) is 22.1 Å². The molecule has 142 valence electrons. The molecule has 2 heterocycles. The van der Waals surface area contributed by atoms with Gasteiger partial charge in [-0.1, -0.05) is 13.0 Å². The molecule has 0 spiro atoms. The fourth-order valence-corrected chi connectivity index (χ4v) is 3.72. The standard InChI is InChI=1S/C20H23N3O3S/c1-5-14(4)21-17(24)11-22-16-8-9-27-18(16)19(25)23(20(22)26)15-7-6-12(2)13(3)10-15/h6-10,14H,5,11H2,1-4H3,(H,21,24). The predicted octanol–water partition coefficient (Wildman–Crippen LogP) is 2.75. The zero-order valence-corrected chi connectivity index (χ0v) is 16.7. The van der Waals surface area contributed by atoms with Crippen LogP contribution in [0.15, 0.2) is 39.2 Å². The summed E-state index contributed by atoms with van der Waals surface area (Å²) < 4.78 is 2.99. The number of amides is 1. The van der Waals surface area contributed by atoms with Crippen LogP contribution in [0.2, 0.25) is 0 Å². The van der Waals surface area contributed by atoms with Crippen LogP contribution in [0.25, 0.3) is 15.9 Å². The molecule has 0 aliphatic carbocycles. The van der Waals surface area contributed by atoms with Gasteiger partial charge in [0.25, 0.3) is 5.56 Å². The Morgan fingerprint density at radius 1 is 1.19 bits per heavy atom. The highest BCUT2D eigenvalue weighted by molar-refractivity contribution is 7.17. The highest BCUT2D eigenvalue weighted by Gasteiger charge is 2.18. The second-order valence-electron chi connectivity index (χ2n) is 6.79. The van der Waals surface area contributed by atoms with Gasteiger partial charge in [0.1, 0.15) is 11.2 Å². The van der Waals surface area contributed by atoms with Crippen LogP contribution >= 0.6 is 11.3 Å². The molecule has 1 atom stereocenters. The van der Waals surface area contributed by atoms with E-state index in [1.165, 1.54) is 15.9 Å². The number of nitrogens with zero attached hydrogens (tertiary/aromatic N) is 2. The lowest BCUT2D eigenvalue weighted by molar-refractivity contribution is -0.122. The molecule has 1 aromatic carbocycles. The van der Waals surface area contributed by atoms with Gasteiger partial charge < -0.3 is 5.32 Å². The minimum atomic E-state index is -0.506. The average Bonchev–Trinajstić information content (AvgIpc) is 3.11. The Morgan fingerprint density at radius 3 is 2.59 bits per heavy atom. The molecule has 2 aromatic heterocycles. The number of carbonyl (C=O) groups excluding carboxylic acids is 1. The van der Waals surface area contributed by atoms with Crippen molar-refractivity contribution in [3.63, 3.8) is 0 Å². The van der Waals surface area contributed by atoms with Gasteiger partial charge >= 0.3 is 5.69 Å². The van der Waals surface area contributed by atoms with Crippen molar-refractivity contribution >= 4 is 27.5 Å². The quantitative estimate of drug-likeness (QED) is 0.734. The van der Waals surface area contributed by atoms with Crippen molar-refractivity contribution in [2.75, 3.05) is 0 Å². The molecule has 0 saturated carbocycles. The van der Waals surface area contributed by atoms with E-state index in [2.05, 4.69) is 5.32 Å². The molecule has 7 heteroatoms. The molecule has 1 unspecified atom stereocenters. The van der Waals surface area contributed by atoms with E-state index in [-0.39, 0.29) is 24.1 Å². The number of rotatable bonds is 5. The molecule has 0 aliphatic heterocycles. The summed E-state index contributed by atoms with van der Waals surface area (Å²) in [5.41, 5.74) is 2.22. The van der Waals surface area contributed by atoms with Gasteiger partial charge in [-0.05, 0) is 61.9 Å². The maximum absolute atomic E-state index is 13.1. The van der Waals surface area contributed by atoms with Crippen molar-refractivity contribution in [1.29, 1.82) is 0 Å². The molecule has 0 bridgehead atoms. The molecule has 0 saturated heterocycles. The number of aryl methyl sites for hydroxylation is 2. The Balaban J connectivity index is 2.18. The van der Waals surface area contributed by atoms with E-state index in [1.807, 2.05) is 39.8 Å². The first-order chi connectivity index (χ1) is 12.8. The van der Waals surface area contributed by atoms with Gasteiger partial charge in [-0.3, -0.25) is 14.2 Å². The number of thiophene rings is 1. The Kier molecular flexibility index (Phi) is 5.32. The molecule has 1 amide bonds. The van der Waals surface area contributed by atoms with Crippen LogP contribution in [0.4, 0.5) is 0 Å². The minimum Gasteiger partial charge on any atom is -0.352 e. The van der Waals surface area contributed by atoms with Crippen LogP contribution in [0, 0.1) is 13.8 Å². The molecule has 3 aromatic rings. The van der Waals surface area contributed by atoms with E-state index in [4.69, 9.17) is 0 Å². The lowest BCUT2D eigenvalue weighted by Gasteiger charge is -2.15. The molecule has 1 N–H and O–H groups in total. The van der Waals surface area contributed by atoms with Crippen molar-refractivity contribution in [1.82, 2.24) is 14.5 Å². The number of hydrogen-bond acceptors (Lipinski definition) is 4. The van der Waals surface area contributed by atoms with E-state index >= 15 is 0 Å². The Labute approximate surface area is 161 Å². The molecule has 6 nitrogen and oxygen atoms in total. The van der Waals surface area contributed by atoms with Crippen molar-refractivity contribution < 1.29 is 4.79 Å². The summed E-state index contributed by atoms with van der Waals surface area (Å²) in [5.74, 6) is -0.246. The summed E-state index contributed by atoms with van der Waals surface area (Å²) in [6.45, 7) is 7.68. The topological polar surface area (TPSA) is 73.1 Å². The van der Waals surface area contributed by atoms with Crippen LogP contribution in [0.5, 0.6) is 0 Å². The first-order valence-electron chi connectivity index (χ1n) is 8.93. The van der Waals surface area contributed by atoms with Crippen LogP contribution in [0.1, 0.15) is 31.4 Å². The van der Waals surface area contributed by atoms with Crippen LogP contribution < -0.4 is 16.6 Å². The highest BCUT2D eigenvalue weighted by Crippen LogP contribution is 2.17. The maximum atomic E-state index is 13.1. The number of nitrogens with one attached hydrogen (secondary N) is 1. The van der Waals surface area contributed by atoms with Gasteiger partial charge in [0, 0.05) is 6.04 Å². The molecule has 0 aliphatic rings. The smallest absolute Gasteiger partial charge is 0.336 e. The minimum absolute atomic E-state index is 0.0248. The summed E-state index contributed by atoms with van der Waals surface area (Å²) in [5, 5.41) is 4.63. The molecule has 0 radical (unpaired) electrons. The van der Waals surface area contributed by atoms with E-state index < -0.39 is 5.69 Å². The second-order valence-corrected chi connectivity index (χ2v) is 7.71. The molecule has 0 fully saturated rings. The summed E-state index contributed by atoms with van der Waals surface area (Å²) in [4.78, 5) is 38.4. The van der Waals surface area contributed by atoms with Gasteiger partial charge in [0.2, 0.25) is 5.91 Å². The van der Waals surface area contributed by atoms with E-state index in [1.54, 1.807) is 17.5 Å². The lowest BCUT2D eigenvalue weighted by Crippen LogP contribution is -2.42. The summed E-state index contributed by atoms with van der Waals surface area (Å²) in [6.07, 6.45) is 0.802. The highest BCUT2D eigenvalue weighted by atomic mass is 32.1. The molecular weight excluding hydrogens is 362 g/mol. The average molecular weight is 385 g/mol. The van der Waals surface area contributed by atoms with Crippen LogP contribution in [0.3, 0.4) is 0 Å². The van der Waals surface area contributed by atoms with Crippen LogP contribution in [-0.4, -0.2) is 21.1 Å². The number of carbonyl (C=O) groups is 1. The third-order valence-corrected chi connectivity index (χ3v) is 5.72. The lowest BCUT2D eigenvalue weighted by atomic mass is 10.1. The van der Waals surface area contributed by atoms with Gasteiger partial charge in [-0.15, -0.1) is 11.3 Å². The number of aromatic nitrogens is 2. The van der Waals surface area contributed by atoms with Crippen molar-refractivity contribution in [3.05, 3.63) is 61.6 Å². The molecule has 3 rings (SSSR count). The first-order valence-corrected chi connectivity index (χ1v) is 9.81. The second kappa shape index (κ2) is 7.52. The third-order valence-electron chi connectivity index (χ3n) is 4.82. The first kappa shape index (κ1) is 19.1. The van der Waals surface area contributed by atoms with Crippen LogP contribution in [-0.2, 0) is 11.3 Å². The summed E-state index contributed by atoms with van der Waals surface area (Å²) >= 11 is 1.27. The van der Waals surface area contributed by atoms with Crippen molar-refractivity contribution in [3.8, 4) is 5.69 Å². The molecular formula is C20H23N3O3S. The zero-order chi connectivity index (χ0) is 19.7. The summed E-state index contributed by atoms with van der Waals surface area (Å²) in [6, 6.07) is 7.20.